The van der Waals surface area contributed by atoms with Crippen LogP contribution in [-0.4, -0.2) is 12.6 Å². The highest BCUT2D eigenvalue weighted by Gasteiger charge is 2.23. The van der Waals surface area contributed by atoms with Crippen molar-refractivity contribution >= 4 is 5.69 Å². The van der Waals surface area contributed by atoms with E-state index in [0.29, 0.717) is 6.04 Å². The van der Waals surface area contributed by atoms with Crippen molar-refractivity contribution in [1.29, 1.82) is 5.26 Å². The molecule has 0 spiro atoms. The SMILES string of the molecule is Cc1cc(N2CCC(C)CC2C)ccc1C#N. The van der Waals surface area contributed by atoms with Gasteiger partial charge in [0.05, 0.1) is 11.6 Å². The fourth-order valence-corrected chi connectivity index (χ4v) is 2.74. The first-order valence-corrected chi connectivity index (χ1v) is 6.39. The Hall–Kier alpha value is -1.49. The highest BCUT2D eigenvalue weighted by atomic mass is 15.2. The Morgan fingerprint density at radius 3 is 2.71 bits per heavy atom. The molecule has 2 nitrogen and oxygen atoms in total. The maximum absolute atomic E-state index is 8.94. The van der Waals surface area contributed by atoms with E-state index in [1.54, 1.807) is 0 Å². The van der Waals surface area contributed by atoms with Gasteiger partial charge >= 0.3 is 0 Å². The van der Waals surface area contributed by atoms with E-state index in [1.165, 1.54) is 18.5 Å². The van der Waals surface area contributed by atoms with E-state index in [-0.39, 0.29) is 0 Å². The number of nitrogens with zero attached hydrogens (tertiary/aromatic N) is 2. The molecule has 1 aliphatic heterocycles. The van der Waals surface area contributed by atoms with Crippen molar-refractivity contribution in [3.05, 3.63) is 29.3 Å². The van der Waals surface area contributed by atoms with Crippen LogP contribution in [0.25, 0.3) is 0 Å². The number of benzene rings is 1. The van der Waals surface area contributed by atoms with Gasteiger partial charge in [0.25, 0.3) is 0 Å². The van der Waals surface area contributed by atoms with Crippen molar-refractivity contribution in [2.45, 2.75) is 39.7 Å². The lowest BCUT2D eigenvalue weighted by Gasteiger charge is -2.38. The average molecular weight is 228 g/mol. The lowest BCUT2D eigenvalue weighted by Crippen LogP contribution is -2.40. The zero-order chi connectivity index (χ0) is 12.4. The normalized spacial score (nSPS) is 24.5. The van der Waals surface area contributed by atoms with E-state index < -0.39 is 0 Å². The van der Waals surface area contributed by atoms with Gasteiger partial charge in [-0.1, -0.05) is 6.92 Å². The average Bonchev–Trinajstić information content (AvgIpc) is 2.29. The molecule has 0 aromatic heterocycles. The van der Waals surface area contributed by atoms with Gasteiger partial charge in [-0.05, 0) is 56.4 Å². The van der Waals surface area contributed by atoms with Gasteiger partial charge in [-0.3, -0.25) is 0 Å². The molecule has 1 fully saturated rings. The van der Waals surface area contributed by atoms with Crippen LogP contribution in [-0.2, 0) is 0 Å². The van der Waals surface area contributed by atoms with Gasteiger partial charge in [0.2, 0.25) is 0 Å². The van der Waals surface area contributed by atoms with Gasteiger partial charge in [-0.25, -0.2) is 0 Å². The minimum Gasteiger partial charge on any atom is -0.369 e. The molecule has 2 atom stereocenters. The van der Waals surface area contributed by atoms with E-state index in [0.717, 1.165) is 23.6 Å². The lowest BCUT2D eigenvalue weighted by molar-refractivity contribution is 0.378. The molecule has 2 heteroatoms. The van der Waals surface area contributed by atoms with Gasteiger partial charge in [-0.2, -0.15) is 5.26 Å². The smallest absolute Gasteiger partial charge is 0.0994 e. The van der Waals surface area contributed by atoms with Crippen LogP contribution >= 0.6 is 0 Å². The van der Waals surface area contributed by atoms with Crippen molar-refractivity contribution in [2.24, 2.45) is 5.92 Å². The second-order valence-electron chi connectivity index (χ2n) is 5.28. The summed E-state index contributed by atoms with van der Waals surface area (Å²) in [6.45, 7) is 7.77. The zero-order valence-corrected chi connectivity index (χ0v) is 10.9. The number of rotatable bonds is 1. The fraction of sp³-hybridized carbons (Fsp3) is 0.533. The molecule has 0 saturated carbocycles. The topological polar surface area (TPSA) is 27.0 Å². The summed E-state index contributed by atoms with van der Waals surface area (Å²) < 4.78 is 0. The summed E-state index contributed by atoms with van der Waals surface area (Å²) in [5.74, 6) is 0.834. The van der Waals surface area contributed by atoms with Crippen LogP contribution in [0, 0.1) is 24.2 Å². The Bertz CT molecular complexity index is 445. The van der Waals surface area contributed by atoms with E-state index in [4.69, 9.17) is 5.26 Å². The van der Waals surface area contributed by atoms with E-state index in [9.17, 15) is 0 Å². The van der Waals surface area contributed by atoms with Gasteiger partial charge in [-0.15, -0.1) is 0 Å². The van der Waals surface area contributed by atoms with Crippen molar-refractivity contribution in [3.63, 3.8) is 0 Å². The molecule has 1 aromatic carbocycles. The third kappa shape index (κ3) is 2.44. The molecule has 0 N–H and O–H groups in total. The van der Waals surface area contributed by atoms with Gasteiger partial charge in [0.15, 0.2) is 0 Å². The zero-order valence-electron chi connectivity index (χ0n) is 10.9. The summed E-state index contributed by atoms with van der Waals surface area (Å²) >= 11 is 0. The maximum atomic E-state index is 8.94. The predicted molar refractivity (Wildman–Crippen MR) is 71.1 cm³/mol. The Labute approximate surface area is 104 Å². The van der Waals surface area contributed by atoms with E-state index in [2.05, 4.69) is 36.9 Å². The molecule has 1 saturated heterocycles. The van der Waals surface area contributed by atoms with Gasteiger partial charge in [0, 0.05) is 18.3 Å². The number of piperidine rings is 1. The Morgan fingerprint density at radius 2 is 2.12 bits per heavy atom. The van der Waals surface area contributed by atoms with Crippen molar-refractivity contribution < 1.29 is 0 Å². The molecular formula is C15H20N2. The van der Waals surface area contributed by atoms with E-state index in [1.807, 2.05) is 13.0 Å². The van der Waals surface area contributed by atoms with Crippen LogP contribution in [0.5, 0.6) is 0 Å². The minimum absolute atomic E-state index is 0.603. The molecule has 1 aliphatic rings. The summed E-state index contributed by atoms with van der Waals surface area (Å²) in [5, 5.41) is 8.94. The molecule has 17 heavy (non-hydrogen) atoms. The second-order valence-corrected chi connectivity index (χ2v) is 5.28. The van der Waals surface area contributed by atoms with Gasteiger partial charge < -0.3 is 4.90 Å². The quantitative estimate of drug-likeness (QED) is 0.735. The number of aryl methyl sites for hydroxylation is 1. The second kappa shape index (κ2) is 4.79. The van der Waals surface area contributed by atoms with Gasteiger partial charge in [0.1, 0.15) is 0 Å². The van der Waals surface area contributed by atoms with Crippen LogP contribution in [0.15, 0.2) is 18.2 Å². The predicted octanol–water partition coefficient (Wildman–Crippen LogP) is 3.49. The monoisotopic (exact) mass is 228 g/mol. The standard InChI is InChI=1S/C15H20N2/c1-11-6-7-17(13(3)8-11)15-5-4-14(10-16)12(2)9-15/h4-5,9,11,13H,6-8H2,1-3H3. The molecule has 0 amide bonds. The Kier molecular flexibility index (Phi) is 3.38. The summed E-state index contributed by atoms with van der Waals surface area (Å²) in [6.07, 6.45) is 2.53. The molecule has 1 heterocycles. The minimum atomic E-state index is 0.603. The first kappa shape index (κ1) is 12.0. The molecule has 2 rings (SSSR count). The van der Waals surface area contributed by atoms with Crippen LogP contribution < -0.4 is 4.90 Å². The number of hydrogen-bond donors (Lipinski definition) is 0. The van der Waals surface area contributed by atoms with Crippen molar-refractivity contribution in [1.82, 2.24) is 0 Å². The van der Waals surface area contributed by atoms with Crippen LogP contribution in [0.3, 0.4) is 0 Å². The van der Waals surface area contributed by atoms with Crippen LogP contribution in [0.4, 0.5) is 5.69 Å². The summed E-state index contributed by atoms with van der Waals surface area (Å²) in [4.78, 5) is 2.47. The van der Waals surface area contributed by atoms with Crippen LogP contribution in [0.2, 0.25) is 0 Å². The third-order valence-corrected chi connectivity index (χ3v) is 3.80. The first-order valence-electron chi connectivity index (χ1n) is 6.39. The number of hydrogen-bond acceptors (Lipinski definition) is 2. The Morgan fingerprint density at radius 1 is 1.35 bits per heavy atom. The van der Waals surface area contributed by atoms with Crippen molar-refractivity contribution in [2.75, 3.05) is 11.4 Å². The summed E-state index contributed by atoms with van der Waals surface area (Å²) in [6, 6.07) is 8.99. The molecule has 1 aromatic rings. The molecule has 2 unspecified atom stereocenters. The molecule has 0 bridgehead atoms. The number of nitriles is 1. The largest absolute Gasteiger partial charge is 0.369 e. The molecular weight excluding hydrogens is 208 g/mol. The van der Waals surface area contributed by atoms with E-state index >= 15 is 0 Å². The summed E-state index contributed by atoms with van der Waals surface area (Å²) in [5.41, 5.74) is 3.13. The highest BCUT2D eigenvalue weighted by Crippen LogP contribution is 2.28. The third-order valence-electron chi connectivity index (χ3n) is 3.80. The Balaban J connectivity index is 2.23. The molecule has 90 valence electrons. The highest BCUT2D eigenvalue weighted by molar-refractivity contribution is 5.54. The van der Waals surface area contributed by atoms with Crippen molar-refractivity contribution in [3.8, 4) is 6.07 Å². The molecule has 0 radical (unpaired) electrons. The molecule has 0 aliphatic carbocycles. The fourth-order valence-electron chi connectivity index (χ4n) is 2.74. The summed E-state index contributed by atoms with van der Waals surface area (Å²) in [7, 11) is 0. The van der Waals surface area contributed by atoms with Crippen LogP contribution in [0.1, 0.15) is 37.8 Å². The number of anilines is 1. The lowest BCUT2D eigenvalue weighted by atomic mass is 9.92. The first-order chi connectivity index (χ1) is 8.11. The maximum Gasteiger partial charge on any atom is 0.0994 e.